The van der Waals surface area contributed by atoms with E-state index in [0.29, 0.717) is 0 Å². The van der Waals surface area contributed by atoms with Crippen molar-refractivity contribution < 1.29 is 4.74 Å². The summed E-state index contributed by atoms with van der Waals surface area (Å²) >= 11 is 0. The lowest BCUT2D eigenvalue weighted by atomic mass is 10.3. The summed E-state index contributed by atoms with van der Waals surface area (Å²) in [6.45, 7) is 6.17. The zero-order chi connectivity index (χ0) is 8.97. The minimum atomic E-state index is 0.272. The fraction of sp³-hybridized carbons (Fsp3) is 0.500. The number of ether oxygens (including phenoxy) is 1. The van der Waals surface area contributed by atoms with Gasteiger partial charge in [0.1, 0.15) is 5.75 Å². The lowest BCUT2D eigenvalue weighted by Gasteiger charge is -2.11. The van der Waals surface area contributed by atoms with Gasteiger partial charge in [0.25, 0.3) is 0 Å². The summed E-state index contributed by atoms with van der Waals surface area (Å²) in [4.78, 5) is 4.05. The molecule has 0 saturated heterocycles. The monoisotopic (exact) mass is 165 g/mol. The highest BCUT2D eigenvalue weighted by Gasteiger charge is 2.00. The molecule has 1 atom stereocenters. The molecule has 0 bridgehead atoms. The maximum Gasteiger partial charge on any atom is 0.138 e. The Morgan fingerprint density at radius 2 is 2.25 bits per heavy atom. The van der Waals surface area contributed by atoms with E-state index in [1.54, 1.807) is 6.20 Å². The average molecular weight is 165 g/mol. The van der Waals surface area contributed by atoms with E-state index in [4.69, 9.17) is 4.74 Å². The Kier molecular flexibility index (Phi) is 3.09. The minimum absolute atomic E-state index is 0.272. The Morgan fingerprint density at radius 1 is 1.50 bits per heavy atom. The molecule has 1 rings (SSSR count). The molecule has 12 heavy (non-hydrogen) atoms. The van der Waals surface area contributed by atoms with E-state index in [1.165, 1.54) is 0 Å². The first-order chi connectivity index (χ1) is 5.72. The van der Waals surface area contributed by atoms with Gasteiger partial charge in [-0.25, -0.2) is 0 Å². The first-order valence-electron chi connectivity index (χ1n) is 4.30. The van der Waals surface area contributed by atoms with Crippen molar-refractivity contribution in [3.05, 3.63) is 24.0 Å². The number of nitrogens with zero attached hydrogens (tertiary/aromatic N) is 1. The van der Waals surface area contributed by atoms with Crippen LogP contribution in [0.15, 0.2) is 18.5 Å². The molecule has 1 heterocycles. The smallest absolute Gasteiger partial charge is 0.138 e. The number of pyridine rings is 1. The lowest BCUT2D eigenvalue weighted by molar-refractivity contribution is 0.216. The molecule has 0 fully saturated rings. The number of rotatable bonds is 3. The third-order valence-corrected chi connectivity index (χ3v) is 1.76. The van der Waals surface area contributed by atoms with Crippen molar-refractivity contribution in [2.75, 3.05) is 0 Å². The van der Waals surface area contributed by atoms with Gasteiger partial charge in [-0.3, -0.25) is 4.98 Å². The topological polar surface area (TPSA) is 22.1 Å². The summed E-state index contributed by atoms with van der Waals surface area (Å²) in [5, 5.41) is 0. The maximum atomic E-state index is 5.58. The van der Waals surface area contributed by atoms with Crippen LogP contribution in [0.4, 0.5) is 0 Å². The molecule has 0 aliphatic rings. The largest absolute Gasteiger partial charge is 0.489 e. The standard InChI is InChI=1S/C10H15NO/c1-4-9(3)12-10-5-8(2)6-11-7-10/h5-7,9H,4H2,1-3H3/t9-/m1/s1. The molecule has 66 valence electrons. The van der Waals surface area contributed by atoms with Gasteiger partial charge in [0.2, 0.25) is 0 Å². The fourth-order valence-electron chi connectivity index (χ4n) is 0.907. The first-order valence-corrected chi connectivity index (χ1v) is 4.30. The van der Waals surface area contributed by atoms with Gasteiger partial charge in [0.15, 0.2) is 0 Å². The molecule has 1 aromatic heterocycles. The van der Waals surface area contributed by atoms with Crippen molar-refractivity contribution in [3.8, 4) is 5.75 Å². The van der Waals surface area contributed by atoms with Crippen molar-refractivity contribution in [1.29, 1.82) is 0 Å². The van der Waals surface area contributed by atoms with Gasteiger partial charge < -0.3 is 4.74 Å². The molecule has 2 nitrogen and oxygen atoms in total. The lowest BCUT2D eigenvalue weighted by Crippen LogP contribution is -2.09. The van der Waals surface area contributed by atoms with Crippen LogP contribution in [0.1, 0.15) is 25.8 Å². The van der Waals surface area contributed by atoms with Crippen LogP contribution in [0.2, 0.25) is 0 Å². The third kappa shape index (κ3) is 2.53. The number of aryl methyl sites for hydroxylation is 1. The normalized spacial score (nSPS) is 12.6. The van der Waals surface area contributed by atoms with E-state index in [1.807, 2.05) is 19.2 Å². The van der Waals surface area contributed by atoms with E-state index >= 15 is 0 Å². The van der Waals surface area contributed by atoms with Crippen LogP contribution in [-0.4, -0.2) is 11.1 Å². The molecule has 0 N–H and O–H groups in total. The Balaban J connectivity index is 2.63. The van der Waals surface area contributed by atoms with Gasteiger partial charge in [-0.05, 0) is 31.9 Å². The second kappa shape index (κ2) is 4.10. The Bertz CT molecular complexity index is 247. The highest BCUT2D eigenvalue weighted by molar-refractivity contribution is 5.22. The molecule has 0 saturated carbocycles. The van der Waals surface area contributed by atoms with Crippen LogP contribution in [0, 0.1) is 6.92 Å². The van der Waals surface area contributed by atoms with Gasteiger partial charge >= 0.3 is 0 Å². The maximum absolute atomic E-state index is 5.58. The third-order valence-electron chi connectivity index (χ3n) is 1.76. The molecule has 1 aromatic rings. The SMILES string of the molecule is CC[C@@H](C)Oc1cncc(C)c1. The molecule has 2 heteroatoms. The van der Waals surface area contributed by atoms with Crippen molar-refractivity contribution in [1.82, 2.24) is 4.98 Å². The van der Waals surface area contributed by atoms with Crippen LogP contribution < -0.4 is 4.74 Å². The van der Waals surface area contributed by atoms with Gasteiger partial charge in [0.05, 0.1) is 12.3 Å². The molecule has 0 aliphatic heterocycles. The van der Waals surface area contributed by atoms with Crippen LogP contribution in [0.3, 0.4) is 0 Å². The van der Waals surface area contributed by atoms with Crippen LogP contribution in [0.5, 0.6) is 5.75 Å². The summed E-state index contributed by atoms with van der Waals surface area (Å²) in [7, 11) is 0. The van der Waals surface area contributed by atoms with Crippen molar-refractivity contribution in [3.63, 3.8) is 0 Å². The molecular formula is C10H15NO. The predicted molar refractivity (Wildman–Crippen MR) is 49.4 cm³/mol. The van der Waals surface area contributed by atoms with Crippen LogP contribution in [0.25, 0.3) is 0 Å². The zero-order valence-corrected chi connectivity index (χ0v) is 7.87. The van der Waals surface area contributed by atoms with E-state index in [0.717, 1.165) is 17.7 Å². The van der Waals surface area contributed by atoms with Crippen LogP contribution >= 0.6 is 0 Å². The minimum Gasteiger partial charge on any atom is -0.489 e. The second-order valence-corrected chi connectivity index (χ2v) is 3.03. The van der Waals surface area contributed by atoms with Crippen molar-refractivity contribution >= 4 is 0 Å². The molecule has 0 spiro atoms. The summed E-state index contributed by atoms with van der Waals surface area (Å²) in [5.41, 5.74) is 1.14. The molecular weight excluding hydrogens is 150 g/mol. The highest BCUT2D eigenvalue weighted by Crippen LogP contribution is 2.12. The average Bonchev–Trinajstić information content (AvgIpc) is 2.04. The van der Waals surface area contributed by atoms with E-state index in [2.05, 4.69) is 18.8 Å². The van der Waals surface area contributed by atoms with E-state index in [-0.39, 0.29) is 6.10 Å². The molecule has 0 radical (unpaired) electrons. The van der Waals surface area contributed by atoms with E-state index in [9.17, 15) is 0 Å². The summed E-state index contributed by atoms with van der Waals surface area (Å²) in [5.74, 6) is 0.865. The Morgan fingerprint density at radius 3 is 2.83 bits per heavy atom. The highest BCUT2D eigenvalue weighted by atomic mass is 16.5. The van der Waals surface area contributed by atoms with Crippen molar-refractivity contribution in [2.24, 2.45) is 0 Å². The zero-order valence-electron chi connectivity index (χ0n) is 7.87. The van der Waals surface area contributed by atoms with Gasteiger partial charge in [-0.2, -0.15) is 0 Å². The molecule has 0 unspecified atom stereocenters. The Hall–Kier alpha value is -1.05. The second-order valence-electron chi connectivity index (χ2n) is 3.03. The van der Waals surface area contributed by atoms with E-state index < -0.39 is 0 Å². The summed E-state index contributed by atoms with van der Waals surface area (Å²) < 4.78 is 5.58. The van der Waals surface area contributed by atoms with Gasteiger partial charge in [-0.1, -0.05) is 6.92 Å². The molecule has 0 amide bonds. The van der Waals surface area contributed by atoms with Gasteiger partial charge in [-0.15, -0.1) is 0 Å². The summed E-state index contributed by atoms with van der Waals surface area (Å²) in [6.07, 6.45) is 4.87. The number of hydrogen-bond donors (Lipinski definition) is 0. The fourth-order valence-corrected chi connectivity index (χ4v) is 0.907. The Labute approximate surface area is 73.6 Å². The predicted octanol–water partition coefficient (Wildman–Crippen LogP) is 2.57. The number of aromatic nitrogens is 1. The molecule has 0 aliphatic carbocycles. The quantitative estimate of drug-likeness (QED) is 0.686. The summed E-state index contributed by atoms with van der Waals surface area (Å²) in [6, 6.07) is 2.00. The van der Waals surface area contributed by atoms with Crippen molar-refractivity contribution in [2.45, 2.75) is 33.3 Å². The molecule has 0 aromatic carbocycles. The first kappa shape index (κ1) is 9.04. The van der Waals surface area contributed by atoms with Gasteiger partial charge in [0, 0.05) is 6.20 Å². The number of hydrogen-bond acceptors (Lipinski definition) is 2. The van der Waals surface area contributed by atoms with Crippen LogP contribution in [-0.2, 0) is 0 Å².